The first-order valence-corrected chi connectivity index (χ1v) is 12.3. The van der Waals surface area contributed by atoms with Crippen LogP contribution in [0.4, 0.5) is 0 Å². The number of piperidine rings is 1. The van der Waals surface area contributed by atoms with Crippen LogP contribution in [0.3, 0.4) is 0 Å². The quantitative estimate of drug-likeness (QED) is 0.747. The van der Waals surface area contributed by atoms with Crippen molar-refractivity contribution < 1.29 is 10.2 Å². The van der Waals surface area contributed by atoms with Crippen molar-refractivity contribution >= 4 is 11.0 Å². The van der Waals surface area contributed by atoms with E-state index in [1.165, 1.54) is 38.6 Å². The maximum atomic E-state index is 13.3. The monoisotopic (exact) mass is 425 g/mol. The summed E-state index contributed by atoms with van der Waals surface area (Å²) in [5, 5.41) is 19.2. The van der Waals surface area contributed by atoms with Gasteiger partial charge in [0.1, 0.15) is 0 Å². The fourth-order valence-electron chi connectivity index (χ4n) is 7.60. The lowest BCUT2D eigenvalue weighted by molar-refractivity contribution is 0.0806. The van der Waals surface area contributed by atoms with E-state index in [0.29, 0.717) is 0 Å². The van der Waals surface area contributed by atoms with Gasteiger partial charge in [0.2, 0.25) is 0 Å². The van der Waals surface area contributed by atoms with Crippen molar-refractivity contribution in [1.82, 2.24) is 14.0 Å². The van der Waals surface area contributed by atoms with Gasteiger partial charge < -0.3 is 15.1 Å². The number of fused-ring (bicyclic) bond motifs is 4. The maximum Gasteiger partial charge on any atom is 0.329 e. The molecule has 3 aliphatic carbocycles. The summed E-state index contributed by atoms with van der Waals surface area (Å²) in [6, 6.07) is 8.06. The number of aromatic nitrogens is 2. The van der Waals surface area contributed by atoms with Crippen molar-refractivity contribution in [1.29, 1.82) is 0 Å². The third-order valence-electron chi connectivity index (χ3n) is 9.27. The molecule has 1 aliphatic heterocycles. The molecular formula is C25H35N3O3. The van der Waals surface area contributed by atoms with E-state index in [-0.39, 0.29) is 24.9 Å². The van der Waals surface area contributed by atoms with Gasteiger partial charge in [0, 0.05) is 25.7 Å². The Morgan fingerprint density at radius 3 is 2.52 bits per heavy atom. The minimum Gasteiger partial charge on any atom is -0.394 e. The number of likely N-dealkylation sites (tertiary alicyclic amines) is 1. The van der Waals surface area contributed by atoms with Gasteiger partial charge in [0.15, 0.2) is 0 Å². The number of aliphatic hydroxyl groups excluding tert-OH is 2. The third-order valence-corrected chi connectivity index (χ3v) is 9.27. The maximum absolute atomic E-state index is 13.3. The summed E-state index contributed by atoms with van der Waals surface area (Å²) in [6.07, 6.45) is 8.48. The molecule has 2 aromatic rings. The molecule has 6 heteroatoms. The molecule has 31 heavy (non-hydrogen) atoms. The van der Waals surface area contributed by atoms with Crippen molar-refractivity contribution in [2.45, 2.75) is 63.6 Å². The molecule has 2 bridgehead atoms. The zero-order valence-electron chi connectivity index (χ0n) is 18.3. The average Bonchev–Trinajstić information content (AvgIpc) is 3.21. The smallest absolute Gasteiger partial charge is 0.329 e. The molecule has 1 spiro atoms. The predicted octanol–water partition coefficient (Wildman–Crippen LogP) is 2.62. The van der Waals surface area contributed by atoms with Crippen LogP contribution in [0, 0.1) is 23.2 Å². The second-order valence-electron chi connectivity index (χ2n) is 10.7. The molecule has 4 atom stereocenters. The van der Waals surface area contributed by atoms with Crippen LogP contribution in [0.5, 0.6) is 0 Å². The van der Waals surface area contributed by atoms with Gasteiger partial charge in [-0.3, -0.25) is 9.13 Å². The summed E-state index contributed by atoms with van der Waals surface area (Å²) in [4.78, 5) is 16.0. The van der Waals surface area contributed by atoms with E-state index in [1.807, 2.05) is 28.8 Å². The Bertz CT molecular complexity index is 1010. The second kappa shape index (κ2) is 7.46. The topological polar surface area (TPSA) is 70.6 Å². The molecule has 0 amide bonds. The van der Waals surface area contributed by atoms with Crippen LogP contribution in [0.25, 0.3) is 11.0 Å². The lowest BCUT2D eigenvalue weighted by Crippen LogP contribution is -2.42. The van der Waals surface area contributed by atoms with E-state index < -0.39 is 6.10 Å². The Kier molecular flexibility index (Phi) is 4.82. The molecule has 4 aliphatic rings. The minimum absolute atomic E-state index is 0.0582. The largest absolute Gasteiger partial charge is 0.394 e. The van der Waals surface area contributed by atoms with Gasteiger partial charge in [0.05, 0.1) is 30.3 Å². The molecular weight excluding hydrogens is 390 g/mol. The van der Waals surface area contributed by atoms with E-state index in [9.17, 15) is 15.0 Å². The van der Waals surface area contributed by atoms with Crippen molar-refractivity contribution in [2.24, 2.45) is 23.2 Å². The number of para-hydroxylation sites is 2. The highest BCUT2D eigenvalue weighted by atomic mass is 16.3. The number of imidazole rings is 1. The minimum atomic E-state index is -0.921. The number of rotatable bonds is 6. The lowest BCUT2D eigenvalue weighted by atomic mass is 9.76. The average molecular weight is 426 g/mol. The van der Waals surface area contributed by atoms with Crippen molar-refractivity contribution in [2.75, 3.05) is 26.2 Å². The zero-order chi connectivity index (χ0) is 21.2. The van der Waals surface area contributed by atoms with Crippen LogP contribution >= 0.6 is 0 Å². The SMILES string of the molecule is O=c1n(C[C@@H](O)CO)c2ccccc2n1C1CCN(C[C@@H]2[C@@H]3CC[C@@H](C3)C23CC3)CC1. The van der Waals surface area contributed by atoms with Crippen LogP contribution < -0.4 is 5.69 Å². The lowest BCUT2D eigenvalue weighted by Gasteiger charge is -2.39. The molecule has 1 aromatic heterocycles. The van der Waals surface area contributed by atoms with Gasteiger partial charge in [-0.05, 0) is 80.2 Å². The number of nitrogens with zero attached hydrogens (tertiary/aromatic N) is 3. The summed E-state index contributed by atoms with van der Waals surface area (Å²) < 4.78 is 3.59. The normalized spacial score (nSPS) is 31.1. The van der Waals surface area contributed by atoms with Gasteiger partial charge in [0.25, 0.3) is 0 Å². The highest BCUT2D eigenvalue weighted by Crippen LogP contribution is 2.71. The molecule has 168 valence electrons. The molecule has 1 aromatic carbocycles. The number of benzene rings is 1. The molecule has 6 nitrogen and oxygen atoms in total. The number of aliphatic hydroxyl groups is 2. The van der Waals surface area contributed by atoms with Gasteiger partial charge in [-0.15, -0.1) is 0 Å². The van der Waals surface area contributed by atoms with E-state index in [2.05, 4.69) is 4.90 Å². The van der Waals surface area contributed by atoms with E-state index in [4.69, 9.17) is 0 Å². The number of hydrogen-bond donors (Lipinski definition) is 2. The van der Waals surface area contributed by atoms with Crippen LogP contribution in [0.1, 0.15) is 51.0 Å². The zero-order valence-corrected chi connectivity index (χ0v) is 18.3. The van der Waals surface area contributed by atoms with Crippen LogP contribution in [-0.4, -0.2) is 56.6 Å². The molecule has 0 unspecified atom stereocenters. The Labute approximate surface area is 183 Å². The summed E-state index contributed by atoms with van der Waals surface area (Å²) in [7, 11) is 0. The molecule has 0 radical (unpaired) electrons. The Morgan fingerprint density at radius 2 is 1.81 bits per heavy atom. The first-order valence-electron chi connectivity index (χ1n) is 12.3. The van der Waals surface area contributed by atoms with E-state index in [1.54, 1.807) is 4.57 Å². The fraction of sp³-hybridized carbons (Fsp3) is 0.720. The standard InChI is InChI=1S/C25H35N3O3/c29-16-20(30)14-27-22-3-1-2-4-23(22)28(24(27)31)19-7-11-26(12-8-19)15-21-17-5-6-18(13-17)25(21)9-10-25/h1-4,17-21,29-30H,5-16H2/t17-,18+,20-,21-/m1/s1. The molecule has 6 rings (SSSR count). The predicted molar refractivity (Wildman–Crippen MR) is 120 cm³/mol. The van der Waals surface area contributed by atoms with E-state index >= 15 is 0 Å². The van der Waals surface area contributed by atoms with Crippen molar-refractivity contribution in [3.63, 3.8) is 0 Å². The van der Waals surface area contributed by atoms with Gasteiger partial charge in [-0.1, -0.05) is 12.1 Å². The summed E-state index contributed by atoms with van der Waals surface area (Å²) >= 11 is 0. The summed E-state index contributed by atoms with van der Waals surface area (Å²) in [5.41, 5.74) is 2.45. The summed E-state index contributed by atoms with van der Waals surface area (Å²) in [5.74, 6) is 2.93. The Morgan fingerprint density at radius 1 is 1.06 bits per heavy atom. The Balaban J connectivity index is 1.19. The highest BCUT2D eigenvalue weighted by Gasteiger charge is 2.63. The van der Waals surface area contributed by atoms with Gasteiger partial charge in [-0.25, -0.2) is 4.79 Å². The fourth-order valence-corrected chi connectivity index (χ4v) is 7.60. The highest BCUT2D eigenvalue weighted by molar-refractivity contribution is 5.76. The van der Waals surface area contributed by atoms with Gasteiger partial charge >= 0.3 is 5.69 Å². The molecule has 3 saturated carbocycles. The Hall–Kier alpha value is -1.63. The molecule has 2 N–H and O–H groups in total. The second-order valence-corrected chi connectivity index (χ2v) is 10.7. The number of hydrogen-bond acceptors (Lipinski definition) is 4. The molecule has 2 heterocycles. The van der Waals surface area contributed by atoms with Crippen LogP contribution in [-0.2, 0) is 6.54 Å². The van der Waals surface area contributed by atoms with Crippen molar-refractivity contribution in [3.05, 3.63) is 34.7 Å². The van der Waals surface area contributed by atoms with E-state index in [0.717, 1.165) is 60.1 Å². The summed E-state index contributed by atoms with van der Waals surface area (Å²) in [6.45, 7) is 3.20. The first-order chi connectivity index (χ1) is 15.1. The molecule has 4 fully saturated rings. The van der Waals surface area contributed by atoms with Gasteiger partial charge in [-0.2, -0.15) is 0 Å². The third kappa shape index (κ3) is 3.13. The van der Waals surface area contributed by atoms with Crippen LogP contribution in [0.2, 0.25) is 0 Å². The van der Waals surface area contributed by atoms with Crippen LogP contribution in [0.15, 0.2) is 29.1 Å². The first kappa shape index (κ1) is 20.0. The molecule has 1 saturated heterocycles. The van der Waals surface area contributed by atoms with Crippen molar-refractivity contribution in [3.8, 4) is 0 Å².